The molecule has 0 unspecified atom stereocenters. The minimum absolute atomic E-state index is 0.0168. The molecule has 0 atom stereocenters. The van der Waals surface area contributed by atoms with E-state index in [0.29, 0.717) is 11.1 Å². The Balaban J connectivity index is 1.35. The van der Waals surface area contributed by atoms with Crippen LogP contribution in [0, 0.1) is 0 Å². The molecule has 4 rings (SSSR count). The zero-order chi connectivity index (χ0) is 22.9. The van der Waals surface area contributed by atoms with E-state index in [4.69, 9.17) is 0 Å². The summed E-state index contributed by atoms with van der Waals surface area (Å²) in [5, 5.41) is 0. The fraction of sp³-hybridized carbons (Fsp3) is 0.0323. The minimum Gasteiger partial charge on any atom is -0.289 e. The molecular formula is C31H24O2. The van der Waals surface area contributed by atoms with Gasteiger partial charge in [-0.15, -0.1) is 0 Å². The predicted molar refractivity (Wildman–Crippen MR) is 135 cm³/mol. The van der Waals surface area contributed by atoms with Crippen molar-refractivity contribution in [2.45, 2.75) is 6.42 Å². The van der Waals surface area contributed by atoms with Gasteiger partial charge >= 0.3 is 0 Å². The van der Waals surface area contributed by atoms with Gasteiger partial charge in [-0.1, -0.05) is 121 Å². The number of allylic oxidation sites excluding steroid dienone is 2. The van der Waals surface area contributed by atoms with Gasteiger partial charge < -0.3 is 0 Å². The lowest BCUT2D eigenvalue weighted by Crippen LogP contribution is -1.97. The van der Waals surface area contributed by atoms with Crippen LogP contribution in [0.4, 0.5) is 0 Å². The maximum Gasteiger partial charge on any atom is 0.185 e. The van der Waals surface area contributed by atoms with Gasteiger partial charge in [-0.3, -0.25) is 9.59 Å². The van der Waals surface area contributed by atoms with Crippen molar-refractivity contribution in [2.24, 2.45) is 0 Å². The van der Waals surface area contributed by atoms with E-state index in [-0.39, 0.29) is 11.6 Å². The van der Waals surface area contributed by atoms with Crippen molar-refractivity contribution in [3.8, 4) is 0 Å². The molecule has 0 saturated heterocycles. The molecule has 2 nitrogen and oxygen atoms in total. The number of hydrogen-bond acceptors (Lipinski definition) is 2. The second-order valence-electron chi connectivity index (χ2n) is 7.79. The van der Waals surface area contributed by atoms with E-state index in [1.165, 1.54) is 0 Å². The lowest BCUT2D eigenvalue weighted by molar-refractivity contribution is 0.103. The highest BCUT2D eigenvalue weighted by molar-refractivity contribution is 6.07. The van der Waals surface area contributed by atoms with Gasteiger partial charge in [0.2, 0.25) is 0 Å². The Morgan fingerprint density at radius 1 is 0.485 bits per heavy atom. The van der Waals surface area contributed by atoms with Crippen LogP contribution in [-0.4, -0.2) is 11.6 Å². The van der Waals surface area contributed by atoms with Gasteiger partial charge in [0.15, 0.2) is 11.6 Å². The molecule has 0 spiro atoms. The lowest BCUT2D eigenvalue weighted by atomic mass is 10.00. The second-order valence-corrected chi connectivity index (χ2v) is 7.79. The van der Waals surface area contributed by atoms with Crippen molar-refractivity contribution in [2.75, 3.05) is 0 Å². The highest BCUT2D eigenvalue weighted by Gasteiger charge is 2.05. The zero-order valence-corrected chi connectivity index (χ0v) is 18.2. The smallest absolute Gasteiger partial charge is 0.185 e. The van der Waals surface area contributed by atoms with Crippen molar-refractivity contribution in [1.29, 1.82) is 0 Å². The molecule has 0 radical (unpaired) electrons. The van der Waals surface area contributed by atoms with Gasteiger partial charge in [0.1, 0.15) is 0 Å². The van der Waals surface area contributed by atoms with Crippen LogP contribution in [0.2, 0.25) is 0 Å². The molecule has 0 amide bonds. The number of hydrogen-bond donors (Lipinski definition) is 0. The largest absolute Gasteiger partial charge is 0.289 e. The van der Waals surface area contributed by atoms with Crippen LogP contribution in [0.25, 0.3) is 12.2 Å². The molecule has 0 heterocycles. The summed E-state index contributed by atoms with van der Waals surface area (Å²) in [6.45, 7) is 0. The topological polar surface area (TPSA) is 34.1 Å². The van der Waals surface area contributed by atoms with Crippen molar-refractivity contribution < 1.29 is 9.59 Å². The summed E-state index contributed by atoms with van der Waals surface area (Å²) in [4.78, 5) is 24.8. The van der Waals surface area contributed by atoms with E-state index in [0.717, 1.165) is 28.7 Å². The lowest BCUT2D eigenvalue weighted by Gasteiger charge is -2.04. The monoisotopic (exact) mass is 428 g/mol. The Bertz CT molecular complexity index is 1160. The van der Waals surface area contributed by atoms with Gasteiger partial charge in [0, 0.05) is 11.1 Å². The Labute approximate surface area is 194 Å². The third kappa shape index (κ3) is 6.34. The standard InChI is InChI=1S/C31H24O2/c32-30(21-15-24-7-3-1-4-8-24)28-17-11-26(12-18-28)23-27-13-19-29(20-14-27)31(33)22-16-25-9-5-2-6-10-25/h1-22H,23H2/b21-15+,22-16+. The summed E-state index contributed by atoms with van der Waals surface area (Å²) in [6.07, 6.45) is 7.60. The fourth-order valence-electron chi connectivity index (χ4n) is 3.47. The van der Waals surface area contributed by atoms with E-state index >= 15 is 0 Å². The van der Waals surface area contributed by atoms with Gasteiger partial charge in [-0.05, 0) is 40.8 Å². The molecule has 0 aliphatic heterocycles. The predicted octanol–water partition coefficient (Wildman–Crippen LogP) is 7.07. The Kier molecular flexibility index (Phi) is 7.19. The van der Waals surface area contributed by atoms with E-state index in [9.17, 15) is 9.59 Å². The van der Waals surface area contributed by atoms with Crippen LogP contribution in [-0.2, 0) is 6.42 Å². The average molecular weight is 429 g/mol. The Morgan fingerprint density at radius 2 is 0.848 bits per heavy atom. The second kappa shape index (κ2) is 10.8. The third-order valence-corrected chi connectivity index (χ3v) is 5.34. The van der Waals surface area contributed by atoms with Crippen molar-refractivity contribution in [3.05, 3.63) is 155 Å². The zero-order valence-electron chi connectivity index (χ0n) is 18.2. The summed E-state index contributed by atoms with van der Waals surface area (Å²) in [7, 11) is 0. The number of carbonyl (C=O) groups is 2. The maximum absolute atomic E-state index is 12.4. The van der Waals surface area contributed by atoms with E-state index in [1.807, 2.05) is 121 Å². The van der Waals surface area contributed by atoms with Crippen LogP contribution >= 0.6 is 0 Å². The molecule has 0 bridgehead atoms. The summed E-state index contributed by atoms with van der Waals surface area (Å²) in [5.74, 6) is -0.0337. The molecule has 33 heavy (non-hydrogen) atoms. The SMILES string of the molecule is O=C(/C=C/c1ccccc1)c1ccc(Cc2ccc(C(=O)/C=C/c3ccccc3)cc2)cc1. The van der Waals surface area contributed by atoms with Crippen LogP contribution in [0.15, 0.2) is 121 Å². The van der Waals surface area contributed by atoms with Crippen LogP contribution < -0.4 is 0 Å². The first-order chi connectivity index (χ1) is 16.2. The number of ketones is 2. The van der Waals surface area contributed by atoms with E-state index in [2.05, 4.69) is 0 Å². The van der Waals surface area contributed by atoms with Crippen molar-refractivity contribution in [3.63, 3.8) is 0 Å². The Morgan fingerprint density at radius 3 is 1.21 bits per heavy atom. The molecule has 2 heteroatoms. The summed E-state index contributed by atoms with van der Waals surface area (Å²) >= 11 is 0. The first kappa shape index (κ1) is 21.9. The van der Waals surface area contributed by atoms with Gasteiger partial charge in [-0.2, -0.15) is 0 Å². The summed E-state index contributed by atoms with van der Waals surface area (Å²) < 4.78 is 0. The first-order valence-corrected chi connectivity index (χ1v) is 10.9. The van der Waals surface area contributed by atoms with Gasteiger partial charge in [0.25, 0.3) is 0 Å². The molecule has 0 aliphatic carbocycles. The highest BCUT2D eigenvalue weighted by Crippen LogP contribution is 2.14. The average Bonchev–Trinajstić information content (AvgIpc) is 2.88. The van der Waals surface area contributed by atoms with Crippen molar-refractivity contribution >= 4 is 23.7 Å². The van der Waals surface area contributed by atoms with Crippen LogP contribution in [0.1, 0.15) is 43.0 Å². The van der Waals surface area contributed by atoms with Crippen LogP contribution in [0.3, 0.4) is 0 Å². The quantitative estimate of drug-likeness (QED) is 0.222. The molecule has 0 aliphatic rings. The molecule has 0 fully saturated rings. The van der Waals surface area contributed by atoms with E-state index in [1.54, 1.807) is 12.2 Å². The summed E-state index contributed by atoms with van der Waals surface area (Å²) in [6, 6.07) is 34.9. The number of rotatable bonds is 8. The maximum atomic E-state index is 12.4. The normalized spacial score (nSPS) is 11.2. The van der Waals surface area contributed by atoms with Gasteiger partial charge in [-0.25, -0.2) is 0 Å². The van der Waals surface area contributed by atoms with Crippen LogP contribution in [0.5, 0.6) is 0 Å². The molecule has 160 valence electrons. The molecule has 0 N–H and O–H groups in total. The number of carbonyl (C=O) groups excluding carboxylic acids is 2. The van der Waals surface area contributed by atoms with E-state index < -0.39 is 0 Å². The minimum atomic E-state index is -0.0168. The molecule has 4 aromatic rings. The molecule has 0 aromatic heterocycles. The summed E-state index contributed by atoms with van der Waals surface area (Å²) in [5.41, 5.74) is 5.55. The molecular weight excluding hydrogens is 404 g/mol. The highest BCUT2D eigenvalue weighted by atomic mass is 16.1. The fourth-order valence-corrected chi connectivity index (χ4v) is 3.47. The molecule has 4 aromatic carbocycles. The van der Waals surface area contributed by atoms with Crippen molar-refractivity contribution in [1.82, 2.24) is 0 Å². The Hall–Kier alpha value is -4.30. The number of benzene rings is 4. The van der Waals surface area contributed by atoms with Gasteiger partial charge in [0.05, 0.1) is 0 Å². The first-order valence-electron chi connectivity index (χ1n) is 10.9. The third-order valence-electron chi connectivity index (χ3n) is 5.34. The molecule has 0 saturated carbocycles.